The van der Waals surface area contributed by atoms with E-state index in [-0.39, 0.29) is 29.7 Å². The molecule has 118 valence electrons. The van der Waals surface area contributed by atoms with Crippen LogP contribution in [-0.4, -0.2) is 23.2 Å². The van der Waals surface area contributed by atoms with E-state index in [1.165, 1.54) is 25.1 Å². The van der Waals surface area contributed by atoms with E-state index in [4.69, 9.17) is 4.74 Å². The molecule has 2 aromatic carbocycles. The zero-order valence-electron chi connectivity index (χ0n) is 12.3. The Morgan fingerprint density at radius 3 is 2.48 bits per heavy atom. The van der Waals surface area contributed by atoms with Crippen LogP contribution in [0.15, 0.2) is 48.5 Å². The van der Waals surface area contributed by atoms with Crippen LogP contribution in [0.5, 0.6) is 5.75 Å². The third-order valence-corrected chi connectivity index (χ3v) is 2.93. The number of non-ortho nitro benzene ring substituents is 1. The number of carbonyl (C=O) groups excluding carboxylic acids is 2. The summed E-state index contributed by atoms with van der Waals surface area (Å²) in [7, 11) is 0. The van der Waals surface area contributed by atoms with Gasteiger partial charge in [0.15, 0.2) is 12.4 Å². The van der Waals surface area contributed by atoms with Crippen molar-refractivity contribution in [3.8, 4) is 5.75 Å². The van der Waals surface area contributed by atoms with E-state index in [1.54, 1.807) is 30.3 Å². The Kier molecular flexibility index (Phi) is 5.03. The van der Waals surface area contributed by atoms with Crippen molar-refractivity contribution in [3.05, 3.63) is 64.2 Å². The molecule has 0 spiro atoms. The van der Waals surface area contributed by atoms with Crippen LogP contribution in [0.2, 0.25) is 0 Å². The predicted octanol–water partition coefficient (Wildman–Crippen LogP) is 2.81. The minimum Gasteiger partial charge on any atom is -0.485 e. The number of ketones is 1. The summed E-state index contributed by atoms with van der Waals surface area (Å²) in [6.07, 6.45) is 0. The Balaban J connectivity index is 1.98. The van der Waals surface area contributed by atoms with Crippen LogP contribution in [0.4, 0.5) is 11.4 Å². The van der Waals surface area contributed by atoms with Crippen LogP contribution in [0, 0.1) is 10.1 Å². The van der Waals surface area contributed by atoms with Crippen molar-refractivity contribution in [2.75, 3.05) is 11.9 Å². The first-order chi connectivity index (χ1) is 11.0. The van der Waals surface area contributed by atoms with E-state index < -0.39 is 4.92 Å². The van der Waals surface area contributed by atoms with Gasteiger partial charge in [-0.15, -0.1) is 0 Å². The molecule has 1 amide bonds. The molecule has 0 radical (unpaired) electrons. The number of nitro benzene ring substituents is 1. The highest BCUT2D eigenvalue weighted by Crippen LogP contribution is 2.19. The van der Waals surface area contributed by atoms with Crippen LogP contribution in [0.1, 0.15) is 17.3 Å². The lowest BCUT2D eigenvalue weighted by Crippen LogP contribution is -2.12. The van der Waals surface area contributed by atoms with Crippen LogP contribution in [-0.2, 0) is 4.79 Å². The Labute approximate surface area is 132 Å². The maximum atomic E-state index is 12.0. The number of benzene rings is 2. The molecule has 2 rings (SSSR count). The lowest BCUT2D eigenvalue weighted by atomic mass is 10.1. The molecule has 0 heterocycles. The standard InChI is InChI=1S/C16H14N2O5/c1-11(19)17-13-7-5-12(6-8-13)16(20)10-23-15-4-2-3-14(9-15)18(21)22/h2-9H,10H2,1H3,(H,17,19). The van der Waals surface area contributed by atoms with Crippen molar-refractivity contribution >= 4 is 23.1 Å². The van der Waals surface area contributed by atoms with Gasteiger partial charge in [0.05, 0.1) is 11.0 Å². The number of nitro groups is 1. The first-order valence-corrected chi connectivity index (χ1v) is 6.74. The molecule has 23 heavy (non-hydrogen) atoms. The predicted molar refractivity (Wildman–Crippen MR) is 83.7 cm³/mol. The van der Waals surface area contributed by atoms with Gasteiger partial charge in [0.1, 0.15) is 5.75 Å². The molecule has 0 atom stereocenters. The second-order valence-electron chi connectivity index (χ2n) is 4.72. The van der Waals surface area contributed by atoms with E-state index in [9.17, 15) is 19.7 Å². The molecule has 0 aliphatic rings. The van der Waals surface area contributed by atoms with Crippen molar-refractivity contribution in [3.63, 3.8) is 0 Å². The number of amides is 1. The minimum absolute atomic E-state index is 0.102. The van der Waals surface area contributed by atoms with Gasteiger partial charge < -0.3 is 10.1 Å². The molecule has 0 aliphatic carbocycles. The fourth-order valence-electron chi connectivity index (χ4n) is 1.86. The molecule has 0 fully saturated rings. The second kappa shape index (κ2) is 7.17. The molecule has 7 heteroatoms. The summed E-state index contributed by atoms with van der Waals surface area (Å²) in [5.41, 5.74) is 0.910. The minimum atomic E-state index is -0.532. The van der Waals surface area contributed by atoms with Gasteiger partial charge in [-0.05, 0) is 30.3 Å². The van der Waals surface area contributed by atoms with Crippen molar-refractivity contribution in [1.82, 2.24) is 0 Å². The molecule has 2 aromatic rings. The second-order valence-corrected chi connectivity index (χ2v) is 4.72. The fraction of sp³-hybridized carbons (Fsp3) is 0.125. The lowest BCUT2D eigenvalue weighted by Gasteiger charge is -2.06. The molecule has 0 bridgehead atoms. The summed E-state index contributed by atoms with van der Waals surface area (Å²) in [6, 6.07) is 12.0. The summed E-state index contributed by atoms with van der Waals surface area (Å²) in [6.45, 7) is 1.16. The third-order valence-electron chi connectivity index (χ3n) is 2.93. The van der Waals surface area contributed by atoms with Crippen LogP contribution < -0.4 is 10.1 Å². The Bertz CT molecular complexity index is 740. The van der Waals surface area contributed by atoms with E-state index in [1.807, 2.05) is 0 Å². The molecule has 0 unspecified atom stereocenters. The summed E-state index contributed by atoms with van der Waals surface area (Å²) in [4.78, 5) is 33.1. The highest BCUT2D eigenvalue weighted by atomic mass is 16.6. The monoisotopic (exact) mass is 314 g/mol. The Morgan fingerprint density at radius 1 is 1.17 bits per heavy atom. The highest BCUT2D eigenvalue weighted by molar-refractivity contribution is 5.98. The van der Waals surface area contributed by atoms with Gasteiger partial charge in [-0.3, -0.25) is 19.7 Å². The summed E-state index contributed by atoms with van der Waals surface area (Å²) in [5, 5.41) is 13.3. The van der Waals surface area contributed by atoms with Crippen LogP contribution >= 0.6 is 0 Å². The normalized spacial score (nSPS) is 9.96. The molecule has 7 nitrogen and oxygen atoms in total. The number of anilines is 1. The largest absolute Gasteiger partial charge is 0.485 e. The number of carbonyl (C=O) groups is 2. The summed E-state index contributed by atoms with van der Waals surface area (Å²) < 4.78 is 5.28. The Morgan fingerprint density at radius 2 is 1.87 bits per heavy atom. The number of Topliss-reactive ketones (excluding diaryl/α,β-unsaturated/α-hetero) is 1. The van der Waals surface area contributed by atoms with Gasteiger partial charge in [0, 0.05) is 24.2 Å². The Hall–Kier alpha value is -3.22. The number of ether oxygens (including phenoxy) is 1. The van der Waals surface area contributed by atoms with Crippen LogP contribution in [0.3, 0.4) is 0 Å². The topological polar surface area (TPSA) is 98.5 Å². The van der Waals surface area contributed by atoms with Crippen molar-refractivity contribution in [1.29, 1.82) is 0 Å². The molecular formula is C16H14N2O5. The van der Waals surface area contributed by atoms with E-state index in [0.29, 0.717) is 11.3 Å². The summed E-state index contributed by atoms with van der Waals surface area (Å²) >= 11 is 0. The smallest absolute Gasteiger partial charge is 0.273 e. The molecule has 0 aliphatic heterocycles. The first kappa shape index (κ1) is 16.2. The molecule has 0 saturated heterocycles. The highest BCUT2D eigenvalue weighted by Gasteiger charge is 2.10. The van der Waals surface area contributed by atoms with E-state index in [2.05, 4.69) is 5.32 Å². The molecule has 0 aromatic heterocycles. The van der Waals surface area contributed by atoms with Gasteiger partial charge in [0.2, 0.25) is 5.91 Å². The number of nitrogens with zero attached hydrogens (tertiary/aromatic N) is 1. The van der Waals surface area contributed by atoms with Crippen molar-refractivity contribution in [2.45, 2.75) is 6.92 Å². The number of rotatable bonds is 6. The lowest BCUT2D eigenvalue weighted by molar-refractivity contribution is -0.384. The quantitative estimate of drug-likeness (QED) is 0.502. The zero-order chi connectivity index (χ0) is 16.8. The van der Waals surface area contributed by atoms with Crippen LogP contribution in [0.25, 0.3) is 0 Å². The fourth-order valence-corrected chi connectivity index (χ4v) is 1.86. The molecule has 1 N–H and O–H groups in total. The average Bonchev–Trinajstić information content (AvgIpc) is 2.53. The van der Waals surface area contributed by atoms with Gasteiger partial charge in [-0.2, -0.15) is 0 Å². The van der Waals surface area contributed by atoms with Gasteiger partial charge >= 0.3 is 0 Å². The average molecular weight is 314 g/mol. The van der Waals surface area contributed by atoms with Crippen molar-refractivity contribution in [2.24, 2.45) is 0 Å². The molecular weight excluding hydrogens is 300 g/mol. The van der Waals surface area contributed by atoms with Gasteiger partial charge in [0.25, 0.3) is 5.69 Å². The third kappa shape index (κ3) is 4.63. The zero-order valence-corrected chi connectivity index (χ0v) is 12.3. The SMILES string of the molecule is CC(=O)Nc1ccc(C(=O)COc2cccc([N+](=O)[O-])c2)cc1. The van der Waals surface area contributed by atoms with E-state index in [0.717, 1.165) is 0 Å². The summed E-state index contributed by atoms with van der Waals surface area (Å²) in [5.74, 6) is -0.216. The molecule has 0 saturated carbocycles. The maximum absolute atomic E-state index is 12.0. The van der Waals surface area contributed by atoms with Gasteiger partial charge in [-0.1, -0.05) is 6.07 Å². The van der Waals surface area contributed by atoms with Crippen molar-refractivity contribution < 1.29 is 19.2 Å². The maximum Gasteiger partial charge on any atom is 0.273 e. The number of hydrogen-bond acceptors (Lipinski definition) is 5. The van der Waals surface area contributed by atoms with E-state index >= 15 is 0 Å². The number of hydrogen-bond donors (Lipinski definition) is 1. The number of nitrogens with one attached hydrogen (secondary N) is 1. The first-order valence-electron chi connectivity index (χ1n) is 6.74. The van der Waals surface area contributed by atoms with Gasteiger partial charge in [-0.25, -0.2) is 0 Å².